The molecule has 0 spiro atoms. The predicted octanol–water partition coefficient (Wildman–Crippen LogP) is 2.86. The first-order chi connectivity index (χ1) is 10.2. The number of ether oxygens (including phenoxy) is 2. The van der Waals surface area contributed by atoms with Crippen molar-refractivity contribution in [3.05, 3.63) is 24.3 Å². The summed E-state index contributed by atoms with van der Waals surface area (Å²) in [6, 6.07) is 8.05. The van der Waals surface area contributed by atoms with Gasteiger partial charge in [-0.05, 0) is 56.4 Å². The largest absolute Gasteiger partial charge is 0.497 e. The molecule has 1 aromatic carbocycles. The standard InChI is InChI=1S/C17H23NO3/c1-12(13-3-4-13)18(17(19)14-9-10-21-11-14)15-5-7-16(20-2)8-6-15/h5-8,12-14H,3-4,9-11H2,1-2H3/t12-,14+/m0/s1. The first-order valence-corrected chi connectivity index (χ1v) is 7.75. The molecule has 0 bridgehead atoms. The van der Waals surface area contributed by atoms with Crippen LogP contribution in [0.5, 0.6) is 5.75 Å². The second kappa shape index (κ2) is 6.06. The molecule has 21 heavy (non-hydrogen) atoms. The number of rotatable bonds is 5. The smallest absolute Gasteiger partial charge is 0.232 e. The third kappa shape index (κ3) is 3.05. The minimum Gasteiger partial charge on any atom is -0.497 e. The summed E-state index contributed by atoms with van der Waals surface area (Å²) in [5.41, 5.74) is 0.965. The third-order valence-corrected chi connectivity index (χ3v) is 4.58. The summed E-state index contributed by atoms with van der Waals surface area (Å²) >= 11 is 0. The van der Waals surface area contributed by atoms with Gasteiger partial charge in [-0.15, -0.1) is 0 Å². The molecule has 0 aromatic heterocycles. The van der Waals surface area contributed by atoms with Gasteiger partial charge in [0, 0.05) is 18.3 Å². The zero-order valence-electron chi connectivity index (χ0n) is 12.7. The van der Waals surface area contributed by atoms with E-state index in [1.807, 2.05) is 29.2 Å². The van der Waals surface area contributed by atoms with Crippen LogP contribution in [0.25, 0.3) is 0 Å². The highest BCUT2D eigenvalue weighted by Gasteiger charge is 2.38. The maximum Gasteiger partial charge on any atom is 0.232 e. The van der Waals surface area contributed by atoms with E-state index < -0.39 is 0 Å². The highest BCUT2D eigenvalue weighted by atomic mass is 16.5. The van der Waals surface area contributed by atoms with Crippen LogP contribution in [0.3, 0.4) is 0 Å². The van der Waals surface area contributed by atoms with Crippen molar-refractivity contribution < 1.29 is 14.3 Å². The number of benzene rings is 1. The van der Waals surface area contributed by atoms with Gasteiger partial charge in [0.1, 0.15) is 5.75 Å². The Morgan fingerprint density at radius 2 is 2.00 bits per heavy atom. The quantitative estimate of drug-likeness (QED) is 0.836. The van der Waals surface area contributed by atoms with Crippen LogP contribution in [-0.2, 0) is 9.53 Å². The van der Waals surface area contributed by atoms with E-state index in [-0.39, 0.29) is 17.9 Å². The number of amides is 1. The van der Waals surface area contributed by atoms with Gasteiger partial charge < -0.3 is 14.4 Å². The SMILES string of the molecule is COc1ccc(N(C(=O)[C@@H]2CCOC2)[C@@H](C)C2CC2)cc1. The van der Waals surface area contributed by atoms with Crippen molar-refractivity contribution in [3.8, 4) is 5.75 Å². The fourth-order valence-corrected chi connectivity index (χ4v) is 3.02. The lowest BCUT2D eigenvalue weighted by molar-refractivity contribution is -0.122. The topological polar surface area (TPSA) is 38.8 Å². The van der Waals surface area contributed by atoms with Gasteiger partial charge in [-0.25, -0.2) is 0 Å². The van der Waals surface area contributed by atoms with Crippen molar-refractivity contribution in [1.82, 2.24) is 0 Å². The molecule has 0 N–H and O–H groups in total. The second-order valence-electron chi connectivity index (χ2n) is 6.04. The van der Waals surface area contributed by atoms with Crippen molar-refractivity contribution in [2.75, 3.05) is 25.2 Å². The average molecular weight is 289 g/mol. The van der Waals surface area contributed by atoms with Crippen molar-refractivity contribution in [1.29, 1.82) is 0 Å². The zero-order chi connectivity index (χ0) is 14.8. The van der Waals surface area contributed by atoms with Gasteiger partial charge in [-0.1, -0.05) is 0 Å². The predicted molar refractivity (Wildman–Crippen MR) is 81.6 cm³/mol. The van der Waals surface area contributed by atoms with E-state index in [2.05, 4.69) is 6.92 Å². The summed E-state index contributed by atoms with van der Waals surface area (Å²) in [5.74, 6) is 1.66. The molecule has 114 valence electrons. The van der Waals surface area contributed by atoms with Gasteiger partial charge in [0.2, 0.25) is 5.91 Å². The maximum atomic E-state index is 12.9. The highest BCUT2D eigenvalue weighted by molar-refractivity contribution is 5.96. The zero-order valence-corrected chi connectivity index (χ0v) is 12.7. The Labute approximate surface area is 126 Å². The molecule has 2 atom stereocenters. The molecule has 3 rings (SSSR count). The number of methoxy groups -OCH3 is 1. The van der Waals surface area contributed by atoms with Crippen molar-refractivity contribution in [2.24, 2.45) is 11.8 Å². The van der Waals surface area contributed by atoms with Gasteiger partial charge in [-0.3, -0.25) is 4.79 Å². The summed E-state index contributed by atoms with van der Waals surface area (Å²) < 4.78 is 10.6. The number of nitrogens with zero attached hydrogens (tertiary/aromatic N) is 1. The fourth-order valence-electron chi connectivity index (χ4n) is 3.02. The fraction of sp³-hybridized carbons (Fsp3) is 0.588. The molecule has 4 heteroatoms. The lowest BCUT2D eigenvalue weighted by atomic mass is 10.0. The minimum atomic E-state index is 0.00769. The molecule has 1 aliphatic carbocycles. The lowest BCUT2D eigenvalue weighted by Crippen LogP contribution is -2.43. The van der Waals surface area contributed by atoms with Gasteiger partial charge in [0.05, 0.1) is 19.6 Å². The number of carbonyl (C=O) groups excluding carboxylic acids is 1. The molecule has 2 aliphatic rings. The number of anilines is 1. The van der Waals surface area contributed by atoms with E-state index in [9.17, 15) is 4.79 Å². The molecular weight excluding hydrogens is 266 g/mol. The number of hydrogen-bond donors (Lipinski definition) is 0. The van der Waals surface area contributed by atoms with Crippen LogP contribution in [0.1, 0.15) is 26.2 Å². The molecule has 1 heterocycles. The maximum absolute atomic E-state index is 12.9. The summed E-state index contributed by atoms with van der Waals surface area (Å²) in [4.78, 5) is 14.9. The summed E-state index contributed by atoms with van der Waals surface area (Å²) in [6.07, 6.45) is 3.29. The molecule has 1 amide bonds. The second-order valence-corrected chi connectivity index (χ2v) is 6.04. The Bertz CT molecular complexity index is 489. The Hall–Kier alpha value is -1.55. The Morgan fingerprint density at radius 3 is 2.52 bits per heavy atom. The van der Waals surface area contributed by atoms with Crippen LogP contribution in [0.15, 0.2) is 24.3 Å². The van der Waals surface area contributed by atoms with Gasteiger partial charge in [-0.2, -0.15) is 0 Å². The first kappa shape index (κ1) is 14.4. The Kier molecular flexibility index (Phi) is 4.15. The Morgan fingerprint density at radius 1 is 1.29 bits per heavy atom. The van der Waals surface area contributed by atoms with Gasteiger partial charge in [0.25, 0.3) is 0 Å². The molecule has 1 saturated carbocycles. The molecule has 1 saturated heterocycles. The van der Waals surface area contributed by atoms with Crippen LogP contribution < -0.4 is 9.64 Å². The molecule has 0 unspecified atom stereocenters. The first-order valence-electron chi connectivity index (χ1n) is 7.75. The van der Waals surface area contributed by atoms with E-state index in [0.717, 1.165) is 17.9 Å². The summed E-state index contributed by atoms with van der Waals surface area (Å²) in [5, 5.41) is 0. The Balaban J connectivity index is 1.84. The molecule has 1 aromatic rings. The van der Waals surface area contributed by atoms with Crippen LogP contribution in [-0.4, -0.2) is 32.3 Å². The van der Waals surface area contributed by atoms with Crippen LogP contribution in [0.4, 0.5) is 5.69 Å². The lowest BCUT2D eigenvalue weighted by Gasteiger charge is -2.31. The molecule has 2 fully saturated rings. The molecular formula is C17H23NO3. The van der Waals surface area contributed by atoms with Crippen molar-refractivity contribution >= 4 is 11.6 Å². The van der Waals surface area contributed by atoms with E-state index in [1.165, 1.54) is 12.8 Å². The van der Waals surface area contributed by atoms with Gasteiger partial charge in [0.15, 0.2) is 0 Å². The van der Waals surface area contributed by atoms with E-state index >= 15 is 0 Å². The van der Waals surface area contributed by atoms with Crippen LogP contribution in [0.2, 0.25) is 0 Å². The minimum absolute atomic E-state index is 0.00769. The van der Waals surface area contributed by atoms with Crippen molar-refractivity contribution in [3.63, 3.8) is 0 Å². The van der Waals surface area contributed by atoms with E-state index in [4.69, 9.17) is 9.47 Å². The van der Waals surface area contributed by atoms with Crippen LogP contribution >= 0.6 is 0 Å². The van der Waals surface area contributed by atoms with E-state index in [0.29, 0.717) is 19.1 Å². The number of carbonyl (C=O) groups is 1. The average Bonchev–Trinajstić information content (AvgIpc) is 3.22. The monoisotopic (exact) mass is 289 g/mol. The molecule has 4 nitrogen and oxygen atoms in total. The van der Waals surface area contributed by atoms with Crippen LogP contribution in [0, 0.1) is 11.8 Å². The van der Waals surface area contributed by atoms with Gasteiger partial charge >= 0.3 is 0 Å². The molecule has 0 radical (unpaired) electrons. The third-order valence-electron chi connectivity index (χ3n) is 4.58. The highest BCUT2D eigenvalue weighted by Crippen LogP contribution is 2.38. The van der Waals surface area contributed by atoms with E-state index in [1.54, 1.807) is 7.11 Å². The van der Waals surface area contributed by atoms with Crippen molar-refractivity contribution in [2.45, 2.75) is 32.2 Å². The molecule has 1 aliphatic heterocycles. The normalized spacial score (nSPS) is 22.9. The summed E-state index contributed by atoms with van der Waals surface area (Å²) in [7, 11) is 1.65. The summed E-state index contributed by atoms with van der Waals surface area (Å²) in [6.45, 7) is 3.42. The number of hydrogen-bond acceptors (Lipinski definition) is 3.